The molecule has 5 nitrogen and oxygen atoms in total. The van der Waals surface area contributed by atoms with Crippen molar-refractivity contribution >= 4 is 27.5 Å². The maximum Gasteiger partial charge on any atom is 0.262 e. The molecule has 4 rings (SSSR count). The smallest absolute Gasteiger partial charge is 0.262 e. The van der Waals surface area contributed by atoms with Crippen LogP contribution in [0.2, 0.25) is 0 Å². The molecule has 2 aromatic rings. The molecule has 1 aliphatic carbocycles. The summed E-state index contributed by atoms with van der Waals surface area (Å²) >= 11 is 1.49. The van der Waals surface area contributed by atoms with E-state index >= 15 is 0 Å². The van der Waals surface area contributed by atoms with Crippen molar-refractivity contribution in [1.82, 2.24) is 15.3 Å². The van der Waals surface area contributed by atoms with Crippen LogP contribution >= 0.6 is 11.3 Å². The Bertz CT molecular complexity index is 791. The summed E-state index contributed by atoms with van der Waals surface area (Å²) in [5.74, 6) is 1.44. The van der Waals surface area contributed by atoms with Crippen molar-refractivity contribution in [2.75, 3.05) is 6.61 Å². The molecule has 0 aromatic carbocycles. The summed E-state index contributed by atoms with van der Waals surface area (Å²) in [4.78, 5) is 23.8. The number of carbonyl (C=O) groups excluding carboxylic acids is 1. The highest BCUT2D eigenvalue weighted by molar-refractivity contribution is 7.20. The molecule has 0 bridgehead atoms. The van der Waals surface area contributed by atoms with Crippen molar-refractivity contribution in [1.29, 1.82) is 0 Å². The van der Waals surface area contributed by atoms with Crippen LogP contribution < -0.4 is 5.32 Å². The van der Waals surface area contributed by atoms with Crippen LogP contribution in [0, 0.1) is 13.8 Å². The third kappa shape index (κ3) is 2.82. The molecular formula is C18H23N3O2S. The van der Waals surface area contributed by atoms with Crippen LogP contribution in [0.1, 0.15) is 65.3 Å². The van der Waals surface area contributed by atoms with Gasteiger partial charge in [0.15, 0.2) is 0 Å². The van der Waals surface area contributed by atoms with Crippen LogP contribution in [0.3, 0.4) is 0 Å². The Morgan fingerprint density at radius 3 is 2.75 bits per heavy atom. The maximum absolute atomic E-state index is 12.7. The van der Waals surface area contributed by atoms with Crippen molar-refractivity contribution in [2.45, 2.75) is 64.5 Å². The molecule has 2 fully saturated rings. The van der Waals surface area contributed by atoms with E-state index in [0.717, 1.165) is 51.6 Å². The van der Waals surface area contributed by atoms with Crippen LogP contribution in [0.25, 0.3) is 10.2 Å². The van der Waals surface area contributed by atoms with Gasteiger partial charge in [-0.05, 0) is 52.0 Å². The number of fused-ring (bicyclic) bond motifs is 1. The average Bonchev–Trinajstić information content (AvgIpc) is 3.13. The molecule has 24 heavy (non-hydrogen) atoms. The Kier molecular flexibility index (Phi) is 4.04. The number of aryl methyl sites for hydroxylation is 2. The Hall–Kier alpha value is -1.53. The van der Waals surface area contributed by atoms with Crippen LogP contribution in [0.4, 0.5) is 0 Å². The van der Waals surface area contributed by atoms with Gasteiger partial charge in [0.05, 0.1) is 22.7 Å². The maximum atomic E-state index is 12.7. The minimum absolute atomic E-state index is 0.0223. The van der Waals surface area contributed by atoms with E-state index in [1.165, 1.54) is 24.2 Å². The number of hydrogen-bond acceptors (Lipinski definition) is 5. The van der Waals surface area contributed by atoms with Crippen molar-refractivity contribution in [3.63, 3.8) is 0 Å². The molecule has 1 N–H and O–H groups in total. The van der Waals surface area contributed by atoms with E-state index in [-0.39, 0.29) is 18.1 Å². The van der Waals surface area contributed by atoms with Gasteiger partial charge in [-0.25, -0.2) is 9.97 Å². The van der Waals surface area contributed by atoms with E-state index in [0.29, 0.717) is 5.92 Å². The zero-order valence-electron chi connectivity index (χ0n) is 14.4. The molecule has 2 aliphatic rings. The van der Waals surface area contributed by atoms with E-state index in [2.05, 4.69) is 10.3 Å². The van der Waals surface area contributed by atoms with Crippen LogP contribution in [-0.4, -0.2) is 34.6 Å². The largest absolute Gasteiger partial charge is 0.376 e. The molecule has 0 spiro atoms. The molecule has 0 unspecified atom stereocenters. The second kappa shape index (κ2) is 6.08. The molecule has 1 aliphatic heterocycles. The van der Waals surface area contributed by atoms with Gasteiger partial charge < -0.3 is 10.1 Å². The van der Waals surface area contributed by atoms with Gasteiger partial charge in [0.25, 0.3) is 5.91 Å². The van der Waals surface area contributed by atoms with Gasteiger partial charge in [-0.15, -0.1) is 11.3 Å². The number of thiophene rings is 1. The van der Waals surface area contributed by atoms with Crippen molar-refractivity contribution in [3.05, 3.63) is 22.0 Å². The molecule has 128 valence electrons. The molecule has 1 saturated heterocycles. The molecule has 3 heterocycles. The topological polar surface area (TPSA) is 64.1 Å². The molecule has 6 heteroatoms. The molecule has 2 atom stereocenters. The summed E-state index contributed by atoms with van der Waals surface area (Å²) in [5.41, 5.74) is 1.98. The van der Waals surface area contributed by atoms with Gasteiger partial charge in [0, 0.05) is 17.9 Å². The van der Waals surface area contributed by atoms with E-state index in [1.54, 1.807) is 0 Å². The third-order valence-corrected chi connectivity index (χ3v) is 6.20. The van der Waals surface area contributed by atoms with Crippen LogP contribution in [0.15, 0.2) is 0 Å². The number of amides is 1. The fraction of sp³-hybridized carbons (Fsp3) is 0.611. The molecule has 1 amide bonds. The predicted octanol–water partition coefficient (Wildman–Crippen LogP) is 3.48. The van der Waals surface area contributed by atoms with Crippen molar-refractivity contribution < 1.29 is 9.53 Å². The number of aromatic nitrogens is 2. The SMILES string of the molecule is Cc1nc(C2CC2)nc2sc(C(=O)N[C@@H](C)[C@@H]3CCCO3)c(C)c12. The molecular weight excluding hydrogens is 322 g/mol. The second-order valence-electron chi connectivity index (χ2n) is 6.99. The summed E-state index contributed by atoms with van der Waals surface area (Å²) in [6, 6.07) is 0.0267. The zero-order chi connectivity index (χ0) is 16.8. The lowest BCUT2D eigenvalue weighted by atomic mass is 10.1. The highest BCUT2D eigenvalue weighted by Crippen LogP contribution is 2.40. The van der Waals surface area contributed by atoms with E-state index in [1.807, 2.05) is 20.8 Å². The fourth-order valence-electron chi connectivity index (χ4n) is 3.46. The number of nitrogens with one attached hydrogen (secondary N) is 1. The minimum Gasteiger partial charge on any atom is -0.376 e. The summed E-state index contributed by atoms with van der Waals surface area (Å²) in [7, 11) is 0. The monoisotopic (exact) mass is 345 g/mol. The standard InChI is InChI=1S/C18H23N3O2S/c1-9-14-11(3)19-16(12-6-7-12)21-18(14)24-15(9)17(22)20-10(2)13-5-4-8-23-13/h10,12-13H,4-8H2,1-3H3,(H,20,22)/t10-,13-/m0/s1. The first kappa shape index (κ1) is 16.0. The number of rotatable bonds is 4. The first-order chi connectivity index (χ1) is 11.5. The van der Waals surface area contributed by atoms with Gasteiger partial charge in [-0.3, -0.25) is 4.79 Å². The number of carbonyl (C=O) groups is 1. The average molecular weight is 345 g/mol. The zero-order valence-corrected chi connectivity index (χ0v) is 15.2. The first-order valence-electron chi connectivity index (χ1n) is 8.74. The summed E-state index contributed by atoms with van der Waals surface area (Å²) in [6.45, 7) is 6.84. The quantitative estimate of drug-likeness (QED) is 0.921. The lowest BCUT2D eigenvalue weighted by molar-refractivity contribution is 0.0714. The molecule has 2 aromatic heterocycles. The number of nitrogens with zero attached hydrogens (tertiary/aromatic N) is 2. The summed E-state index contributed by atoms with van der Waals surface area (Å²) in [5, 5.41) is 4.15. The van der Waals surface area contributed by atoms with Gasteiger partial charge in [0.1, 0.15) is 10.7 Å². The fourth-order valence-corrected chi connectivity index (χ4v) is 4.60. The summed E-state index contributed by atoms with van der Waals surface area (Å²) < 4.78 is 5.68. The Balaban J connectivity index is 1.62. The van der Waals surface area contributed by atoms with Crippen LogP contribution in [-0.2, 0) is 4.74 Å². The first-order valence-corrected chi connectivity index (χ1v) is 9.56. The van der Waals surface area contributed by atoms with Gasteiger partial charge >= 0.3 is 0 Å². The van der Waals surface area contributed by atoms with Gasteiger partial charge in [-0.2, -0.15) is 0 Å². The second-order valence-corrected chi connectivity index (χ2v) is 7.99. The van der Waals surface area contributed by atoms with Gasteiger partial charge in [0.2, 0.25) is 0 Å². The Labute approximate surface area is 145 Å². The predicted molar refractivity (Wildman–Crippen MR) is 94.8 cm³/mol. The third-order valence-electron chi connectivity index (χ3n) is 5.02. The normalized spacial score (nSPS) is 22.0. The van der Waals surface area contributed by atoms with E-state index in [4.69, 9.17) is 9.72 Å². The minimum atomic E-state index is -0.0223. The number of ether oxygens (including phenoxy) is 1. The highest BCUT2D eigenvalue weighted by Gasteiger charge is 2.29. The Morgan fingerprint density at radius 1 is 1.29 bits per heavy atom. The molecule has 1 saturated carbocycles. The Morgan fingerprint density at radius 2 is 2.08 bits per heavy atom. The van der Waals surface area contributed by atoms with Crippen LogP contribution in [0.5, 0.6) is 0 Å². The van der Waals surface area contributed by atoms with Gasteiger partial charge in [-0.1, -0.05) is 0 Å². The van der Waals surface area contributed by atoms with E-state index < -0.39 is 0 Å². The number of hydrogen-bond donors (Lipinski definition) is 1. The van der Waals surface area contributed by atoms with Crippen molar-refractivity contribution in [3.8, 4) is 0 Å². The van der Waals surface area contributed by atoms with Crippen molar-refractivity contribution in [2.24, 2.45) is 0 Å². The lowest BCUT2D eigenvalue weighted by Gasteiger charge is -2.19. The van der Waals surface area contributed by atoms with E-state index in [9.17, 15) is 4.79 Å². The highest BCUT2D eigenvalue weighted by atomic mass is 32.1. The molecule has 0 radical (unpaired) electrons. The lowest BCUT2D eigenvalue weighted by Crippen LogP contribution is -2.40. The summed E-state index contributed by atoms with van der Waals surface area (Å²) in [6.07, 6.45) is 4.59.